The van der Waals surface area contributed by atoms with Gasteiger partial charge in [-0.1, -0.05) is 48.0 Å². The highest BCUT2D eigenvalue weighted by atomic mass is 16.1. The lowest BCUT2D eigenvalue weighted by Crippen LogP contribution is -2.16. The third kappa shape index (κ3) is 3.58. The van der Waals surface area contributed by atoms with Gasteiger partial charge in [0.15, 0.2) is 5.82 Å². The molecule has 0 saturated carbocycles. The Morgan fingerprint density at radius 2 is 1.60 bits per heavy atom. The van der Waals surface area contributed by atoms with Crippen LogP contribution >= 0.6 is 0 Å². The van der Waals surface area contributed by atoms with Crippen LogP contribution in [0, 0.1) is 27.7 Å². The van der Waals surface area contributed by atoms with E-state index in [4.69, 9.17) is 0 Å². The van der Waals surface area contributed by atoms with Gasteiger partial charge < -0.3 is 5.32 Å². The summed E-state index contributed by atoms with van der Waals surface area (Å²) in [4.78, 5) is 21.5. The number of carbonyl (C=O) groups excluding carboxylic acids is 1. The summed E-state index contributed by atoms with van der Waals surface area (Å²) in [6.07, 6.45) is 1.60. The van der Waals surface area contributed by atoms with E-state index in [2.05, 4.69) is 27.4 Å². The van der Waals surface area contributed by atoms with Gasteiger partial charge in [0.2, 0.25) is 0 Å². The number of benzene rings is 2. The third-order valence-corrected chi connectivity index (χ3v) is 4.17. The molecule has 25 heavy (non-hydrogen) atoms. The predicted molar refractivity (Wildman–Crippen MR) is 101 cm³/mol. The fourth-order valence-corrected chi connectivity index (χ4v) is 2.97. The van der Waals surface area contributed by atoms with Crippen molar-refractivity contribution in [3.8, 4) is 11.4 Å². The Labute approximate surface area is 148 Å². The van der Waals surface area contributed by atoms with Crippen molar-refractivity contribution in [3.05, 3.63) is 76.6 Å². The van der Waals surface area contributed by atoms with Gasteiger partial charge in [-0.2, -0.15) is 0 Å². The maximum atomic E-state index is 12.7. The molecule has 4 nitrogen and oxygen atoms in total. The number of nitrogens with zero attached hydrogens (tertiary/aromatic N) is 2. The van der Waals surface area contributed by atoms with Crippen LogP contribution in [0.4, 0.5) is 5.69 Å². The lowest BCUT2D eigenvalue weighted by molar-refractivity contribution is 0.102. The quantitative estimate of drug-likeness (QED) is 0.761. The smallest absolute Gasteiger partial charge is 0.259 e. The van der Waals surface area contributed by atoms with Crippen molar-refractivity contribution in [2.24, 2.45) is 0 Å². The van der Waals surface area contributed by atoms with Crippen LogP contribution in [0.3, 0.4) is 0 Å². The van der Waals surface area contributed by atoms with Crippen molar-refractivity contribution in [3.63, 3.8) is 0 Å². The van der Waals surface area contributed by atoms with Gasteiger partial charge in [-0.05, 0) is 38.8 Å². The molecule has 1 heterocycles. The zero-order valence-electron chi connectivity index (χ0n) is 14.9. The van der Waals surface area contributed by atoms with Crippen LogP contribution in [-0.4, -0.2) is 15.9 Å². The zero-order chi connectivity index (χ0) is 18.0. The molecule has 2 aromatic carbocycles. The van der Waals surface area contributed by atoms with Crippen molar-refractivity contribution >= 4 is 11.6 Å². The second-order valence-corrected chi connectivity index (χ2v) is 6.29. The number of amides is 1. The Morgan fingerprint density at radius 3 is 2.20 bits per heavy atom. The molecule has 3 aromatic rings. The minimum Gasteiger partial charge on any atom is -0.321 e. The monoisotopic (exact) mass is 331 g/mol. The van der Waals surface area contributed by atoms with Crippen LogP contribution in [0.5, 0.6) is 0 Å². The minimum atomic E-state index is -0.188. The highest BCUT2D eigenvalue weighted by Gasteiger charge is 2.15. The summed E-state index contributed by atoms with van der Waals surface area (Å²) < 4.78 is 0. The van der Waals surface area contributed by atoms with Crippen molar-refractivity contribution < 1.29 is 4.79 Å². The SMILES string of the molecule is Cc1cc(C)c(NC(=O)c2cnc(-c3ccccc3)nc2C)c(C)c1. The Kier molecular flexibility index (Phi) is 4.61. The highest BCUT2D eigenvalue weighted by molar-refractivity contribution is 6.05. The summed E-state index contributed by atoms with van der Waals surface area (Å²) in [6, 6.07) is 13.9. The standard InChI is InChI=1S/C21H21N3O/c1-13-10-14(2)19(15(3)11-13)24-21(25)18-12-22-20(23-16(18)4)17-8-6-5-7-9-17/h5-12H,1-4H3,(H,24,25). The molecule has 1 aromatic heterocycles. The number of hydrogen-bond acceptors (Lipinski definition) is 3. The molecule has 0 bridgehead atoms. The van der Waals surface area contributed by atoms with E-state index in [1.165, 1.54) is 5.56 Å². The number of hydrogen-bond donors (Lipinski definition) is 1. The number of anilines is 1. The molecular formula is C21H21N3O. The molecule has 0 aliphatic carbocycles. The van der Waals surface area contributed by atoms with E-state index >= 15 is 0 Å². The average Bonchev–Trinajstić information content (AvgIpc) is 2.58. The molecule has 0 atom stereocenters. The van der Waals surface area contributed by atoms with Crippen LogP contribution in [0.15, 0.2) is 48.7 Å². The first-order chi connectivity index (χ1) is 12.0. The lowest BCUT2D eigenvalue weighted by Gasteiger charge is -2.13. The minimum absolute atomic E-state index is 0.188. The molecule has 0 spiro atoms. The molecule has 1 N–H and O–H groups in total. The lowest BCUT2D eigenvalue weighted by atomic mass is 10.0. The summed E-state index contributed by atoms with van der Waals surface area (Å²) in [5.41, 5.74) is 6.20. The van der Waals surface area contributed by atoms with Crippen molar-refractivity contribution in [2.45, 2.75) is 27.7 Å². The molecule has 3 rings (SSSR count). The second-order valence-electron chi connectivity index (χ2n) is 6.29. The second kappa shape index (κ2) is 6.85. The summed E-state index contributed by atoms with van der Waals surface area (Å²) in [7, 11) is 0. The van der Waals surface area contributed by atoms with Crippen LogP contribution in [-0.2, 0) is 0 Å². The molecule has 0 saturated heterocycles. The number of rotatable bonds is 3. The Balaban J connectivity index is 1.89. The molecular weight excluding hydrogens is 310 g/mol. The highest BCUT2D eigenvalue weighted by Crippen LogP contribution is 2.23. The molecule has 4 heteroatoms. The molecule has 126 valence electrons. The largest absolute Gasteiger partial charge is 0.321 e. The third-order valence-electron chi connectivity index (χ3n) is 4.17. The van der Waals surface area contributed by atoms with Crippen LogP contribution in [0.1, 0.15) is 32.7 Å². The van der Waals surface area contributed by atoms with Crippen LogP contribution in [0.25, 0.3) is 11.4 Å². The predicted octanol–water partition coefficient (Wildman–Crippen LogP) is 4.63. The first-order valence-electron chi connectivity index (χ1n) is 8.24. The maximum absolute atomic E-state index is 12.7. The number of carbonyl (C=O) groups is 1. The van der Waals surface area contributed by atoms with Gasteiger partial charge in [0.1, 0.15) is 0 Å². The van der Waals surface area contributed by atoms with E-state index in [1.807, 2.05) is 58.0 Å². The normalized spacial score (nSPS) is 10.6. The number of aryl methyl sites for hydroxylation is 4. The summed E-state index contributed by atoms with van der Waals surface area (Å²) in [5.74, 6) is 0.435. The van der Waals surface area contributed by atoms with Gasteiger partial charge in [-0.25, -0.2) is 9.97 Å². The van der Waals surface area contributed by atoms with Gasteiger partial charge in [0.25, 0.3) is 5.91 Å². The van der Waals surface area contributed by atoms with E-state index < -0.39 is 0 Å². The van der Waals surface area contributed by atoms with Crippen molar-refractivity contribution in [1.29, 1.82) is 0 Å². The Morgan fingerprint density at radius 1 is 0.960 bits per heavy atom. The summed E-state index contributed by atoms with van der Waals surface area (Å²) >= 11 is 0. The van der Waals surface area contributed by atoms with E-state index in [-0.39, 0.29) is 5.91 Å². The van der Waals surface area contributed by atoms with E-state index in [1.54, 1.807) is 6.20 Å². The molecule has 0 radical (unpaired) electrons. The van der Waals surface area contributed by atoms with E-state index in [0.717, 1.165) is 22.4 Å². The Bertz CT molecular complexity index is 910. The molecule has 1 amide bonds. The first kappa shape index (κ1) is 16.8. The van der Waals surface area contributed by atoms with E-state index in [0.29, 0.717) is 17.1 Å². The van der Waals surface area contributed by atoms with Gasteiger partial charge in [-0.15, -0.1) is 0 Å². The maximum Gasteiger partial charge on any atom is 0.259 e. The number of aromatic nitrogens is 2. The number of nitrogens with one attached hydrogen (secondary N) is 1. The van der Waals surface area contributed by atoms with Gasteiger partial charge in [-0.3, -0.25) is 4.79 Å². The fourth-order valence-electron chi connectivity index (χ4n) is 2.97. The molecule has 0 aliphatic heterocycles. The van der Waals surface area contributed by atoms with Gasteiger partial charge in [0, 0.05) is 17.4 Å². The van der Waals surface area contributed by atoms with Crippen molar-refractivity contribution in [2.75, 3.05) is 5.32 Å². The first-order valence-corrected chi connectivity index (χ1v) is 8.24. The molecule has 0 aliphatic rings. The van der Waals surface area contributed by atoms with Crippen LogP contribution in [0.2, 0.25) is 0 Å². The Hall–Kier alpha value is -3.01. The van der Waals surface area contributed by atoms with Gasteiger partial charge >= 0.3 is 0 Å². The summed E-state index contributed by atoms with van der Waals surface area (Å²) in [6.45, 7) is 7.87. The topological polar surface area (TPSA) is 54.9 Å². The molecule has 0 fully saturated rings. The zero-order valence-corrected chi connectivity index (χ0v) is 14.9. The van der Waals surface area contributed by atoms with Crippen LogP contribution < -0.4 is 5.32 Å². The summed E-state index contributed by atoms with van der Waals surface area (Å²) in [5, 5.41) is 3.00. The average molecular weight is 331 g/mol. The van der Waals surface area contributed by atoms with Gasteiger partial charge in [0.05, 0.1) is 11.3 Å². The van der Waals surface area contributed by atoms with E-state index in [9.17, 15) is 4.79 Å². The fraction of sp³-hybridized carbons (Fsp3) is 0.190. The molecule has 0 unspecified atom stereocenters. The van der Waals surface area contributed by atoms with Crippen molar-refractivity contribution in [1.82, 2.24) is 9.97 Å².